The standard InChI is InChI=1S/C25H18ClFN4O2S.ClH/c26-20-11-18(5-8-22(20)33-13-15-2-1-3-16(27)10-15)31-25-24-21(28-14-29-25)12-19(34-24)7-4-17-6-9-23(32)30-17;/h1-3,5,8,10-12,14,17H,6,9,13H2,(H,30,32)(H,28,29,31);1H/t17-;/m1./s1. The van der Waals surface area contributed by atoms with Crippen LogP contribution in [-0.2, 0) is 11.4 Å². The van der Waals surface area contributed by atoms with Crippen molar-refractivity contribution in [2.24, 2.45) is 0 Å². The molecule has 1 atom stereocenters. The summed E-state index contributed by atoms with van der Waals surface area (Å²) < 4.78 is 20.0. The molecule has 3 heterocycles. The average Bonchev–Trinajstić information content (AvgIpc) is 3.43. The van der Waals surface area contributed by atoms with Crippen molar-refractivity contribution in [1.82, 2.24) is 15.3 Å². The van der Waals surface area contributed by atoms with E-state index < -0.39 is 0 Å². The molecule has 0 spiro atoms. The zero-order valence-corrected chi connectivity index (χ0v) is 20.6. The molecule has 0 aliphatic carbocycles. The normalized spacial score (nSPS) is 14.6. The van der Waals surface area contributed by atoms with Gasteiger partial charge in [-0.25, -0.2) is 14.4 Å². The van der Waals surface area contributed by atoms with Crippen molar-refractivity contribution in [3.63, 3.8) is 0 Å². The van der Waals surface area contributed by atoms with E-state index in [1.807, 2.05) is 12.1 Å². The van der Waals surface area contributed by atoms with Gasteiger partial charge in [0.15, 0.2) is 5.82 Å². The van der Waals surface area contributed by atoms with Crippen LogP contribution >= 0.6 is 35.3 Å². The van der Waals surface area contributed by atoms with Crippen molar-refractivity contribution in [2.45, 2.75) is 25.5 Å². The Morgan fingerprint density at radius 3 is 2.89 bits per heavy atom. The minimum absolute atomic E-state index is 0. The second-order valence-corrected chi connectivity index (χ2v) is 9.12. The van der Waals surface area contributed by atoms with Crippen LogP contribution in [-0.4, -0.2) is 21.9 Å². The molecule has 35 heavy (non-hydrogen) atoms. The lowest BCUT2D eigenvalue weighted by Gasteiger charge is -2.11. The van der Waals surface area contributed by atoms with Crippen LogP contribution in [0, 0.1) is 17.7 Å². The van der Waals surface area contributed by atoms with Gasteiger partial charge in [-0.2, -0.15) is 0 Å². The molecule has 1 amide bonds. The number of aromatic nitrogens is 2. The Balaban J connectivity index is 0.00000289. The molecule has 10 heteroatoms. The predicted molar refractivity (Wildman–Crippen MR) is 138 cm³/mol. The van der Waals surface area contributed by atoms with Gasteiger partial charge in [-0.05, 0) is 48.4 Å². The molecule has 2 aromatic heterocycles. The van der Waals surface area contributed by atoms with Gasteiger partial charge in [0.05, 0.1) is 26.2 Å². The number of nitrogens with one attached hydrogen (secondary N) is 2. The molecule has 1 fully saturated rings. The summed E-state index contributed by atoms with van der Waals surface area (Å²) in [6, 6.07) is 13.4. The van der Waals surface area contributed by atoms with Gasteiger partial charge in [0.2, 0.25) is 5.91 Å². The number of carbonyl (C=O) groups is 1. The number of carbonyl (C=O) groups excluding carboxylic acids is 1. The first-order chi connectivity index (χ1) is 16.5. The SMILES string of the molecule is Cl.O=C1CC[C@@H](C#Cc2cc3ncnc(Nc4ccc(OCc5cccc(F)c5)c(Cl)c4)c3s2)N1. The van der Waals surface area contributed by atoms with Crippen LogP contribution < -0.4 is 15.4 Å². The van der Waals surface area contributed by atoms with Crippen molar-refractivity contribution < 1.29 is 13.9 Å². The summed E-state index contributed by atoms with van der Waals surface area (Å²) in [6.45, 7) is 0.209. The number of benzene rings is 2. The fourth-order valence-corrected chi connectivity index (χ4v) is 4.66. The second kappa shape index (κ2) is 10.9. The average molecular weight is 529 g/mol. The topological polar surface area (TPSA) is 76.1 Å². The first-order valence-corrected chi connectivity index (χ1v) is 11.7. The third-order valence-corrected chi connectivity index (χ3v) is 6.50. The molecule has 0 unspecified atom stereocenters. The molecule has 0 saturated carbocycles. The Morgan fingerprint density at radius 2 is 2.11 bits per heavy atom. The largest absolute Gasteiger partial charge is 0.487 e. The minimum atomic E-state index is -0.309. The van der Waals surface area contributed by atoms with Gasteiger partial charge >= 0.3 is 0 Å². The van der Waals surface area contributed by atoms with Crippen LogP contribution in [0.15, 0.2) is 54.9 Å². The number of ether oxygens (including phenoxy) is 1. The summed E-state index contributed by atoms with van der Waals surface area (Å²) in [7, 11) is 0. The van der Waals surface area contributed by atoms with Crippen molar-refractivity contribution >= 4 is 63.0 Å². The maximum Gasteiger partial charge on any atom is 0.221 e. The fraction of sp³-hybridized carbons (Fsp3) is 0.160. The third-order valence-electron chi connectivity index (χ3n) is 5.15. The van der Waals surface area contributed by atoms with Gasteiger partial charge in [-0.15, -0.1) is 23.7 Å². The fourth-order valence-electron chi connectivity index (χ4n) is 3.51. The van der Waals surface area contributed by atoms with Crippen LogP contribution in [0.25, 0.3) is 10.2 Å². The summed E-state index contributed by atoms with van der Waals surface area (Å²) in [5, 5.41) is 6.54. The van der Waals surface area contributed by atoms with Crippen LogP contribution in [0.3, 0.4) is 0 Å². The zero-order chi connectivity index (χ0) is 23.5. The van der Waals surface area contributed by atoms with Gasteiger partial charge in [0, 0.05) is 12.1 Å². The highest BCUT2D eigenvalue weighted by Gasteiger charge is 2.18. The molecule has 0 bridgehead atoms. The highest BCUT2D eigenvalue weighted by atomic mass is 35.5. The number of halogens is 3. The van der Waals surface area contributed by atoms with Gasteiger partial charge in [0.25, 0.3) is 0 Å². The number of anilines is 2. The van der Waals surface area contributed by atoms with Crippen molar-refractivity contribution in [3.8, 4) is 17.6 Å². The number of nitrogens with zero attached hydrogens (tertiary/aromatic N) is 2. The number of thiophene rings is 1. The van der Waals surface area contributed by atoms with Crippen LogP contribution in [0.2, 0.25) is 5.02 Å². The van der Waals surface area contributed by atoms with E-state index in [1.54, 1.807) is 24.3 Å². The first-order valence-electron chi connectivity index (χ1n) is 10.5. The number of hydrogen-bond acceptors (Lipinski definition) is 6. The molecule has 0 radical (unpaired) electrons. The maximum atomic E-state index is 13.4. The van der Waals surface area contributed by atoms with E-state index in [9.17, 15) is 9.18 Å². The van der Waals surface area contributed by atoms with Crippen LogP contribution in [0.1, 0.15) is 23.3 Å². The Kier molecular flexibility index (Phi) is 7.71. The Hall–Kier alpha value is -3.38. The van der Waals surface area contributed by atoms with Crippen molar-refractivity contribution in [1.29, 1.82) is 0 Å². The molecular formula is C25H19Cl2FN4O2S. The lowest BCUT2D eigenvalue weighted by molar-refractivity contribution is -0.119. The molecule has 1 aliphatic rings. The Labute approximate surface area is 216 Å². The Bertz CT molecular complexity index is 1450. The highest BCUT2D eigenvalue weighted by Crippen LogP contribution is 2.33. The second-order valence-electron chi connectivity index (χ2n) is 7.66. The van der Waals surface area contributed by atoms with E-state index >= 15 is 0 Å². The van der Waals surface area contributed by atoms with Gasteiger partial charge in [-0.1, -0.05) is 35.6 Å². The molecule has 4 aromatic rings. The van der Waals surface area contributed by atoms with E-state index in [0.29, 0.717) is 28.6 Å². The third kappa shape index (κ3) is 6.01. The molecule has 2 N–H and O–H groups in total. The van der Waals surface area contributed by atoms with E-state index in [0.717, 1.165) is 27.2 Å². The number of rotatable bonds is 5. The monoisotopic (exact) mass is 528 g/mol. The highest BCUT2D eigenvalue weighted by molar-refractivity contribution is 7.20. The van der Waals surface area contributed by atoms with Crippen LogP contribution in [0.5, 0.6) is 5.75 Å². The molecule has 5 rings (SSSR count). The number of amides is 1. The molecule has 6 nitrogen and oxygen atoms in total. The van der Waals surface area contributed by atoms with Crippen LogP contribution in [0.4, 0.5) is 15.9 Å². The summed E-state index contributed by atoms with van der Waals surface area (Å²) >= 11 is 7.89. The summed E-state index contributed by atoms with van der Waals surface area (Å²) in [5.41, 5.74) is 2.23. The van der Waals surface area contributed by atoms with Crippen molar-refractivity contribution in [3.05, 3.63) is 76.1 Å². The molecular weight excluding hydrogens is 510 g/mol. The lowest BCUT2D eigenvalue weighted by Crippen LogP contribution is -2.23. The summed E-state index contributed by atoms with van der Waals surface area (Å²) in [6.07, 6.45) is 2.73. The summed E-state index contributed by atoms with van der Waals surface area (Å²) in [5.74, 6) is 7.11. The smallest absolute Gasteiger partial charge is 0.221 e. The summed E-state index contributed by atoms with van der Waals surface area (Å²) in [4.78, 5) is 20.9. The van der Waals surface area contributed by atoms with Crippen molar-refractivity contribution in [2.75, 3.05) is 5.32 Å². The maximum absolute atomic E-state index is 13.4. The van der Waals surface area contributed by atoms with Gasteiger partial charge in [0.1, 0.15) is 24.5 Å². The quantitative estimate of drug-likeness (QED) is 0.317. The molecule has 1 aliphatic heterocycles. The van der Waals surface area contributed by atoms with E-state index in [1.165, 1.54) is 29.8 Å². The van der Waals surface area contributed by atoms with E-state index in [2.05, 4.69) is 32.4 Å². The zero-order valence-electron chi connectivity index (χ0n) is 18.2. The Morgan fingerprint density at radius 1 is 1.23 bits per heavy atom. The predicted octanol–water partition coefficient (Wildman–Crippen LogP) is 5.86. The minimum Gasteiger partial charge on any atom is -0.487 e. The number of hydrogen-bond donors (Lipinski definition) is 2. The lowest BCUT2D eigenvalue weighted by atomic mass is 10.2. The van der Waals surface area contributed by atoms with E-state index in [-0.39, 0.29) is 36.8 Å². The number of fused-ring (bicyclic) bond motifs is 1. The van der Waals surface area contributed by atoms with Gasteiger partial charge < -0.3 is 15.4 Å². The first kappa shape index (κ1) is 24.7. The van der Waals surface area contributed by atoms with Gasteiger partial charge in [-0.3, -0.25) is 4.79 Å². The van der Waals surface area contributed by atoms with E-state index in [4.69, 9.17) is 16.3 Å². The molecule has 178 valence electrons. The molecule has 2 aromatic carbocycles. The molecule has 1 saturated heterocycles.